The summed E-state index contributed by atoms with van der Waals surface area (Å²) < 4.78 is 5.61. The van der Waals surface area contributed by atoms with Gasteiger partial charge in [-0.1, -0.05) is 26.0 Å². The predicted octanol–water partition coefficient (Wildman–Crippen LogP) is 1.99. The third kappa shape index (κ3) is 6.34. The van der Waals surface area contributed by atoms with Crippen LogP contribution in [0.3, 0.4) is 0 Å². The largest absolute Gasteiger partial charge is 0.493 e. The Balaban J connectivity index is 1.52. The summed E-state index contributed by atoms with van der Waals surface area (Å²) in [5.74, 6) is 2.58. The Bertz CT molecular complexity index is 667. The molecular weight excluding hydrogens is 362 g/mol. The standard InChI is InChI=1S/C23H39N5O/c1-5-24-23(25-10-8-19-6-7-22-20(16-19)9-15-29-22)26-17-21(18(2)3)28-13-11-27(4)12-14-28/h6-7,16,18,21H,5,8-15,17H2,1-4H3,(H2,24,25,26). The zero-order valence-corrected chi connectivity index (χ0v) is 18.7. The fraction of sp³-hybridized carbons (Fsp3) is 0.696. The minimum atomic E-state index is 0.496. The predicted molar refractivity (Wildman–Crippen MR) is 121 cm³/mol. The number of aliphatic imine (C=N–C) groups is 1. The molecule has 29 heavy (non-hydrogen) atoms. The van der Waals surface area contributed by atoms with Gasteiger partial charge in [0.05, 0.1) is 13.2 Å². The minimum Gasteiger partial charge on any atom is -0.493 e. The summed E-state index contributed by atoms with van der Waals surface area (Å²) in [6.45, 7) is 14.8. The van der Waals surface area contributed by atoms with Crippen molar-refractivity contribution in [1.82, 2.24) is 20.4 Å². The lowest BCUT2D eigenvalue weighted by atomic mass is 10.0. The normalized spacial score (nSPS) is 19.1. The summed E-state index contributed by atoms with van der Waals surface area (Å²) in [6.07, 6.45) is 2.02. The Labute approximate surface area is 176 Å². The van der Waals surface area contributed by atoms with E-state index in [1.807, 2.05) is 0 Å². The molecule has 1 unspecified atom stereocenters. The highest BCUT2D eigenvalue weighted by Gasteiger charge is 2.24. The van der Waals surface area contributed by atoms with Gasteiger partial charge in [0.15, 0.2) is 5.96 Å². The highest BCUT2D eigenvalue weighted by atomic mass is 16.5. The molecule has 1 aromatic rings. The van der Waals surface area contributed by atoms with Crippen molar-refractivity contribution in [3.8, 4) is 5.75 Å². The third-order valence-corrected chi connectivity index (χ3v) is 6.02. The quantitative estimate of drug-likeness (QED) is 0.515. The van der Waals surface area contributed by atoms with E-state index in [0.29, 0.717) is 12.0 Å². The van der Waals surface area contributed by atoms with Gasteiger partial charge in [0.2, 0.25) is 0 Å². The average Bonchev–Trinajstić information content (AvgIpc) is 3.17. The zero-order chi connectivity index (χ0) is 20.6. The summed E-state index contributed by atoms with van der Waals surface area (Å²) in [6, 6.07) is 7.07. The number of nitrogens with zero attached hydrogens (tertiary/aromatic N) is 3. The van der Waals surface area contributed by atoms with E-state index >= 15 is 0 Å². The highest BCUT2D eigenvalue weighted by Crippen LogP contribution is 2.25. The van der Waals surface area contributed by atoms with Gasteiger partial charge in [-0.2, -0.15) is 0 Å². The first kappa shape index (κ1) is 21.9. The van der Waals surface area contributed by atoms with Gasteiger partial charge in [-0.25, -0.2) is 0 Å². The Morgan fingerprint density at radius 2 is 1.97 bits per heavy atom. The molecule has 2 aliphatic heterocycles. The van der Waals surface area contributed by atoms with E-state index in [2.05, 4.69) is 66.5 Å². The van der Waals surface area contributed by atoms with Gasteiger partial charge in [0, 0.05) is 51.7 Å². The number of fused-ring (bicyclic) bond motifs is 1. The topological polar surface area (TPSA) is 52.1 Å². The van der Waals surface area contributed by atoms with Crippen LogP contribution in [-0.4, -0.2) is 81.3 Å². The second kappa shape index (κ2) is 10.8. The molecular formula is C23H39N5O. The molecule has 2 aliphatic rings. The lowest BCUT2D eigenvalue weighted by Gasteiger charge is -2.39. The van der Waals surface area contributed by atoms with Crippen molar-refractivity contribution in [3.63, 3.8) is 0 Å². The Morgan fingerprint density at radius 3 is 2.69 bits per heavy atom. The molecule has 0 bridgehead atoms. The van der Waals surface area contributed by atoms with Gasteiger partial charge >= 0.3 is 0 Å². The molecule has 0 aromatic heterocycles. The molecule has 162 valence electrons. The molecule has 6 heteroatoms. The highest BCUT2D eigenvalue weighted by molar-refractivity contribution is 5.79. The molecule has 1 saturated heterocycles. The molecule has 6 nitrogen and oxygen atoms in total. The molecule has 0 radical (unpaired) electrons. The average molecular weight is 402 g/mol. The van der Waals surface area contributed by atoms with Crippen molar-refractivity contribution in [3.05, 3.63) is 29.3 Å². The SMILES string of the molecule is CCNC(=NCC(C(C)C)N1CCN(C)CC1)NCCc1ccc2c(c1)CCO2. The van der Waals surface area contributed by atoms with Crippen LogP contribution in [0.2, 0.25) is 0 Å². The van der Waals surface area contributed by atoms with E-state index in [0.717, 1.165) is 77.0 Å². The van der Waals surface area contributed by atoms with Crippen molar-refractivity contribution >= 4 is 5.96 Å². The Morgan fingerprint density at radius 1 is 1.17 bits per heavy atom. The summed E-state index contributed by atoms with van der Waals surface area (Å²) in [5, 5.41) is 6.93. The number of piperazine rings is 1. The van der Waals surface area contributed by atoms with Gasteiger partial charge < -0.3 is 20.3 Å². The van der Waals surface area contributed by atoms with Crippen LogP contribution in [0.1, 0.15) is 31.9 Å². The molecule has 1 fully saturated rings. The maximum absolute atomic E-state index is 5.61. The summed E-state index contributed by atoms with van der Waals surface area (Å²) >= 11 is 0. The molecule has 1 aromatic carbocycles. The summed E-state index contributed by atoms with van der Waals surface area (Å²) in [5.41, 5.74) is 2.70. The number of guanidine groups is 1. The lowest BCUT2D eigenvalue weighted by molar-refractivity contribution is 0.0925. The molecule has 3 rings (SSSR count). The second-order valence-corrected chi connectivity index (χ2v) is 8.59. The van der Waals surface area contributed by atoms with Gasteiger partial charge in [-0.3, -0.25) is 9.89 Å². The van der Waals surface area contributed by atoms with Crippen molar-refractivity contribution < 1.29 is 4.74 Å². The Kier molecular flexibility index (Phi) is 8.19. The monoisotopic (exact) mass is 401 g/mol. The van der Waals surface area contributed by atoms with E-state index in [1.165, 1.54) is 11.1 Å². The number of rotatable bonds is 8. The van der Waals surface area contributed by atoms with Crippen LogP contribution in [-0.2, 0) is 12.8 Å². The number of likely N-dealkylation sites (N-methyl/N-ethyl adjacent to an activating group) is 1. The smallest absolute Gasteiger partial charge is 0.191 e. The fourth-order valence-corrected chi connectivity index (χ4v) is 4.15. The van der Waals surface area contributed by atoms with E-state index in [1.54, 1.807) is 0 Å². The van der Waals surface area contributed by atoms with Crippen LogP contribution in [0.5, 0.6) is 5.75 Å². The minimum absolute atomic E-state index is 0.496. The van der Waals surface area contributed by atoms with Crippen molar-refractivity contribution in [2.24, 2.45) is 10.9 Å². The second-order valence-electron chi connectivity index (χ2n) is 8.59. The van der Waals surface area contributed by atoms with Gasteiger partial charge in [0.25, 0.3) is 0 Å². The first-order valence-corrected chi connectivity index (χ1v) is 11.3. The van der Waals surface area contributed by atoms with Crippen molar-refractivity contribution in [1.29, 1.82) is 0 Å². The third-order valence-electron chi connectivity index (χ3n) is 6.02. The van der Waals surface area contributed by atoms with Gasteiger partial charge in [-0.05, 0) is 43.5 Å². The number of nitrogens with one attached hydrogen (secondary N) is 2. The lowest BCUT2D eigenvalue weighted by Crippen LogP contribution is -2.52. The maximum atomic E-state index is 5.61. The summed E-state index contributed by atoms with van der Waals surface area (Å²) in [7, 11) is 2.21. The molecule has 2 N–H and O–H groups in total. The van der Waals surface area contributed by atoms with Crippen LogP contribution in [0.4, 0.5) is 0 Å². The van der Waals surface area contributed by atoms with Crippen molar-refractivity contribution in [2.45, 2.75) is 39.7 Å². The summed E-state index contributed by atoms with van der Waals surface area (Å²) in [4.78, 5) is 9.96. The molecule has 0 saturated carbocycles. The maximum Gasteiger partial charge on any atom is 0.191 e. The first-order chi connectivity index (χ1) is 14.1. The van der Waals surface area contributed by atoms with Crippen molar-refractivity contribution in [2.75, 3.05) is 59.5 Å². The van der Waals surface area contributed by atoms with Crippen LogP contribution < -0.4 is 15.4 Å². The van der Waals surface area contributed by atoms with Gasteiger partial charge in [-0.15, -0.1) is 0 Å². The molecule has 2 heterocycles. The van der Waals surface area contributed by atoms with Crippen LogP contribution in [0.25, 0.3) is 0 Å². The molecule has 0 aliphatic carbocycles. The number of hydrogen-bond donors (Lipinski definition) is 2. The fourth-order valence-electron chi connectivity index (χ4n) is 4.15. The van der Waals surface area contributed by atoms with Crippen LogP contribution >= 0.6 is 0 Å². The first-order valence-electron chi connectivity index (χ1n) is 11.3. The molecule has 0 amide bonds. The number of benzene rings is 1. The van der Waals surface area contributed by atoms with E-state index < -0.39 is 0 Å². The van der Waals surface area contributed by atoms with E-state index in [9.17, 15) is 0 Å². The number of hydrogen-bond acceptors (Lipinski definition) is 4. The zero-order valence-electron chi connectivity index (χ0n) is 18.7. The van der Waals surface area contributed by atoms with Gasteiger partial charge in [0.1, 0.15) is 5.75 Å². The van der Waals surface area contributed by atoms with E-state index in [4.69, 9.17) is 9.73 Å². The van der Waals surface area contributed by atoms with Crippen LogP contribution in [0, 0.1) is 5.92 Å². The molecule has 1 atom stereocenters. The van der Waals surface area contributed by atoms with Crippen LogP contribution in [0.15, 0.2) is 23.2 Å². The Hall–Kier alpha value is -1.79. The number of ether oxygens (including phenoxy) is 1. The van der Waals surface area contributed by atoms with E-state index in [-0.39, 0.29) is 0 Å². The molecule has 0 spiro atoms.